The van der Waals surface area contributed by atoms with Crippen LogP contribution in [0.3, 0.4) is 0 Å². The summed E-state index contributed by atoms with van der Waals surface area (Å²) in [6, 6.07) is -0.884. The van der Waals surface area contributed by atoms with E-state index in [1.165, 1.54) is 18.9 Å². The molecule has 0 aromatic heterocycles. The van der Waals surface area contributed by atoms with Gasteiger partial charge in [-0.05, 0) is 12.8 Å². The summed E-state index contributed by atoms with van der Waals surface area (Å²) in [6.45, 7) is 4.60. The number of amides is 1. The molecule has 2 atom stereocenters. The Balaban J connectivity index is 5.00. The van der Waals surface area contributed by atoms with E-state index < -0.39 is 23.6 Å². The van der Waals surface area contributed by atoms with Crippen LogP contribution in [0.4, 0.5) is 0 Å². The van der Waals surface area contributed by atoms with Crippen molar-refractivity contribution in [3.63, 3.8) is 0 Å². The molecule has 0 radical (unpaired) electrons. The highest BCUT2D eigenvalue weighted by atomic mass is 16.6. The zero-order valence-electron chi connectivity index (χ0n) is 11.9. The second kappa shape index (κ2) is 8.58. The minimum atomic E-state index is -0.982. The van der Waals surface area contributed by atoms with E-state index in [9.17, 15) is 19.7 Å². The molecule has 110 valence electrons. The predicted molar refractivity (Wildman–Crippen MR) is 69.4 cm³/mol. The molecule has 0 saturated heterocycles. The Morgan fingerprint density at radius 1 is 1.42 bits per heavy atom. The molecule has 0 unspecified atom stereocenters. The molecule has 0 aliphatic heterocycles. The van der Waals surface area contributed by atoms with E-state index in [1.807, 2.05) is 13.8 Å². The molecule has 0 bridgehead atoms. The first-order valence-electron chi connectivity index (χ1n) is 6.33. The Labute approximate surface area is 113 Å². The number of nitro groups is 1. The summed E-state index contributed by atoms with van der Waals surface area (Å²) in [4.78, 5) is 33.8. The zero-order valence-corrected chi connectivity index (χ0v) is 11.9. The highest BCUT2D eigenvalue weighted by Crippen LogP contribution is 2.12. The lowest BCUT2D eigenvalue weighted by Crippen LogP contribution is -2.50. The van der Waals surface area contributed by atoms with Gasteiger partial charge in [0, 0.05) is 18.9 Å². The number of hydrogen-bond donors (Lipinski definition) is 0. The van der Waals surface area contributed by atoms with Crippen LogP contribution in [0.25, 0.3) is 0 Å². The van der Waals surface area contributed by atoms with Gasteiger partial charge >= 0.3 is 0 Å². The van der Waals surface area contributed by atoms with Crippen molar-refractivity contribution in [1.82, 2.24) is 4.90 Å². The molecule has 1 amide bonds. The third-order valence-corrected chi connectivity index (χ3v) is 3.10. The monoisotopic (exact) mass is 274 g/mol. The Hall–Kier alpha value is -1.50. The zero-order chi connectivity index (χ0) is 15.0. The topological polar surface area (TPSA) is 89.8 Å². The molecule has 0 fully saturated rings. The summed E-state index contributed by atoms with van der Waals surface area (Å²) >= 11 is 0. The van der Waals surface area contributed by atoms with Crippen LogP contribution >= 0.6 is 0 Å². The van der Waals surface area contributed by atoms with Gasteiger partial charge in [0.2, 0.25) is 12.5 Å². The molecule has 0 aliphatic rings. The van der Waals surface area contributed by atoms with Crippen LogP contribution in [0.5, 0.6) is 0 Å². The molecule has 0 aliphatic carbocycles. The maximum absolute atomic E-state index is 11.3. The molecule has 0 heterocycles. The average Bonchev–Trinajstić information content (AvgIpc) is 2.37. The lowest BCUT2D eigenvalue weighted by molar-refractivity contribution is -0.487. The van der Waals surface area contributed by atoms with Crippen LogP contribution in [-0.2, 0) is 14.3 Å². The molecule has 7 heteroatoms. The number of rotatable bonds is 9. The predicted octanol–water partition coefficient (Wildman–Crippen LogP) is 0.883. The lowest BCUT2D eigenvalue weighted by Gasteiger charge is -2.30. The van der Waals surface area contributed by atoms with Crippen molar-refractivity contribution in [2.24, 2.45) is 0 Å². The minimum Gasteiger partial charge on any atom is -0.365 e. The minimum absolute atomic E-state index is 0.148. The number of carbonyl (C=O) groups is 2. The van der Waals surface area contributed by atoms with Gasteiger partial charge in [-0.2, -0.15) is 0 Å². The van der Waals surface area contributed by atoms with Crippen molar-refractivity contribution in [3.8, 4) is 0 Å². The van der Waals surface area contributed by atoms with Crippen molar-refractivity contribution >= 4 is 12.2 Å². The average molecular weight is 274 g/mol. The number of aldehydes is 1. The van der Waals surface area contributed by atoms with Crippen LogP contribution in [0, 0.1) is 10.1 Å². The van der Waals surface area contributed by atoms with Gasteiger partial charge in [0.05, 0.1) is 6.10 Å². The summed E-state index contributed by atoms with van der Waals surface area (Å²) in [7, 11) is 1.43. The molecule has 0 rings (SSSR count). The van der Waals surface area contributed by atoms with Crippen LogP contribution in [0.2, 0.25) is 0 Å². The second-order valence-electron chi connectivity index (χ2n) is 4.39. The van der Waals surface area contributed by atoms with E-state index in [0.29, 0.717) is 19.1 Å². The van der Waals surface area contributed by atoms with Crippen molar-refractivity contribution in [2.75, 3.05) is 13.6 Å². The summed E-state index contributed by atoms with van der Waals surface area (Å²) < 4.78 is 5.57. The summed E-state index contributed by atoms with van der Waals surface area (Å²) in [5.41, 5.74) is 0. The summed E-state index contributed by atoms with van der Waals surface area (Å²) in [6.07, 6.45) is 0.811. The highest BCUT2D eigenvalue weighted by Gasteiger charge is 2.33. The number of hydrogen-bond acceptors (Lipinski definition) is 5. The van der Waals surface area contributed by atoms with Crippen molar-refractivity contribution < 1.29 is 19.2 Å². The normalized spacial score (nSPS) is 13.9. The third-order valence-electron chi connectivity index (χ3n) is 3.10. The maximum atomic E-state index is 11.3. The molecular formula is C12H22N2O5. The summed E-state index contributed by atoms with van der Waals surface area (Å²) in [5, 5.41) is 10.7. The molecule has 0 aromatic carbocycles. The van der Waals surface area contributed by atoms with Crippen molar-refractivity contribution in [1.29, 1.82) is 0 Å². The smallest absolute Gasteiger partial charge is 0.227 e. The van der Waals surface area contributed by atoms with Gasteiger partial charge in [0.1, 0.15) is 12.1 Å². The molecule has 0 aromatic rings. The quantitative estimate of drug-likeness (QED) is 0.354. The number of ether oxygens (including phenoxy) is 1. The largest absolute Gasteiger partial charge is 0.365 e. The Kier molecular flexibility index (Phi) is 7.90. The van der Waals surface area contributed by atoms with Gasteiger partial charge in [0.15, 0.2) is 6.29 Å². The van der Waals surface area contributed by atoms with Gasteiger partial charge in [-0.3, -0.25) is 14.9 Å². The van der Waals surface area contributed by atoms with E-state index in [-0.39, 0.29) is 12.0 Å². The molecule has 0 N–H and O–H groups in total. The SMILES string of the molecule is CCC(CC)O[C@H](C=O)[C@@H](C[N+](=O)[O-])N(C)C(C)=O. The van der Waals surface area contributed by atoms with Gasteiger partial charge < -0.3 is 14.4 Å². The summed E-state index contributed by atoms with van der Waals surface area (Å²) in [5.74, 6) is -0.341. The molecular weight excluding hydrogens is 252 g/mol. The van der Waals surface area contributed by atoms with Gasteiger partial charge in [0.25, 0.3) is 0 Å². The van der Waals surface area contributed by atoms with Crippen LogP contribution in [0.1, 0.15) is 33.6 Å². The van der Waals surface area contributed by atoms with E-state index in [2.05, 4.69) is 0 Å². The Morgan fingerprint density at radius 2 is 1.95 bits per heavy atom. The molecule has 19 heavy (non-hydrogen) atoms. The lowest BCUT2D eigenvalue weighted by atomic mass is 10.1. The fourth-order valence-electron chi connectivity index (χ4n) is 1.75. The maximum Gasteiger partial charge on any atom is 0.227 e. The second-order valence-corrected chi connectivity index (χ2v) is 4.39. The van der Waals surface area contributed by atoms with E-state index in [1.54, 1.807) is 0 Å². The van der Waals surface area contributed by atoms with E-state index in [4.69, 9.17) is 4.74 Å². The van der Waals surface area contributed by atoms with Crippen LogP contribution < -0.4 is 0 Å². The van der Waals surface area contributed by atoms with Gasteiger partial charge in [-0.15, -0.1) is 0 Å². The Bertz CT molecular complexity index is 317. The molecule has 7 nitrogen and oxygen atoms in total. The fraction of sp³-hybridized carbons (Fsp3) is 0.833. The molecule has 0 spiro atoms. The first-order chi connectivity index (χ1) is 8.87. The van der Waals surface area contributed by atoms with Gasteiger partial charge in [-0.25, -0.2) is 0 Å². The molecule has 0 saturated carbocycles. The standard InChI is InChI=1S/C12H22N2O5/c1-5-10(6-2)19-12(8-15)11(7-14(17)18)13(4)9(3)16/h8,10-12H,5-7H2,1-4H3/t11-,12-/m1/s1. The van der Waals surface area contributed by atoms with Crippen molar-refractivity contribution in [3.05, 3.63) is 10.1 Å². The Morgan fingerprint density at radius 3 is 2.26 bits per heavy atom. The van der Waals surface area contributed by atoms with Crippen LogP contribution in [0.15, 0.2) is 0 Å². The van der Waals surface area contributed by atoms with E-state index in [0.717, 1.165) is 0 Å². The van der Waals surface area contributed by atoms with Crippen molar-refractivity contribution in [2.45, 2.75) is 51.9 Å². The fourth-order valence-corrected chi connectivity index (χ4v) is 1.75. The number of carbonyl (C=O) groups excluding carboxylic acids is 2. The number of nitrogens with zero attached hydrogens (tertiary/aromatic N) is 2. The first-order valence-corrected chi connectivity index (χ1v) is 6.33. The third kappa shape index (κ3) is 5.78. The van der Waals surface area contributed by atoms with Crippen LogP contribution in [-0.4, -0.2) is 53.9 Å². The van der Waals surface area contributed by atoms with E-state index >= 15 is 0 Å². The first kappa shape index (κ1) is 17.5. The highest BCUT2D eigenvalue weighted by molar-refractivity contribution is 5.74. The van der Waals surface area contributed by atoms with Gasteiger partial charge in [-0.1, -0.05) is 13.8 Å². The number of likely N-dealkylation sites (N-methyl/N-ethyl adjacent to an activating group) is 1.